The molecule has 0 saturated heterocycles. The number of rotatable bonds is 6. The molecule has 0 aliphatic rings. The fourth-order valence-corrected chi connectivity index (χ4v) is 1.31. The Hall–Kier alpha value is -2.11. The second kappa shape index (κ2) is 5.83. The Morgan fingerprint density at radius 3 is 2.88 bits per heavy atom. The molecule has 0 radical (unpaired) electrons. The fraction of sp³-hybridized carbons (Fsp3) is 0.364. The third kappa shape index (κ3) is 3.75. The van der Waals surface area contributed by atoms with Gasteiger partial charge in [0.1, 0.15) is 6.54 Å². The minimum absolute atomic E-state index is 0.182. The fourth-order valence-electron chi connectivity index (χ4n) is 1.31. The zero-order chi connectivity index (χ0) is 12.8. The Bertz CT molecular complexity index is 420. The molecular formula is C11H15N3O3. The molecule has 0 aliphatic heterocycles. The Morgan fingerprint density at radius 2 is 2.35 bits per heavy atom. The molecule has 17 heavy (non-hydrogen) atoms. The summed E-state index contributed by atoms with van der Waals surface area (Å²) in [6.07, 6.45) is 1.60. The Kier molecular flexibility index (Phi) is 4.45. The summed E-state index contributed by atoms with van der Waals surface area (Å²) in [4.78, 5) is 20.5. The van der Waals surface area contributed by atoms with Crippen molar-refractivity contribution >= 4 is 11.9 Å². The topological polar surface area (TPSA) is 75.6 Å². The van der Waals surface area contributed by atoms with Crippen LogP contribution in [0.2, 0.25) is 0 Å². The SMILES string of the molecule is C=CCN(CC(=O)O)c1nc(C)cc(OC)n1. The molecule has 0 atom stereocenters. The van der Waals surface area contributed by atoms with Gasteiger partial charge < -0.3 is 14.7 Å². The van der Waals surface area contributed by atoms with Crippen molar-refractivity contribution in [1.82, 2.24) is 9.97 Å². The van der Waals surface area contributed by atoms with Crippen LogP contribution >= 0.6 is 0 Å². The van der Waals surface area contributed by atoms with E-state index >= 15 is 0 Å². The lowest BCUT2D eigenvalue weighted by Gasteiger charge is -2.19. The monoisotopic (exact) mass is 237 g/mol. The number of hydrogen-bond acceptors (Lipinski definition) is 5. The van der Waals surface area contributed by atoms with E-state index in [-0.39, 0.29) is 6.54 Å². The second-order valence-electron chi connectivity index (χ2n) is 3.41. The summed E-state index contributed by atoms with van der Waals surface area (Å²) in [6, 6.07) is 1.68. The number of ether oxygens (including phenoxy) is 1. The largest absolute Gasteiger partial charge is 0.481 e. The minimum atomic E-state index is -0.948. The van der Waals surface area contributed by atoms with E-state index in [1.165, 1.54) is 12.0 Å². The standard InChI is InChI=1S/C11H15N3O3/c1-4-5-14(7-10(15)16)11-12-8(2)6-9(13-11)17-3/h4,6H,1,5,7H2,2-3H3,(H,15,16). The van der Waals surface area contributed by atoms with E-state index in [1.807, 2.05) is 0 Å². The number of nitrogens with zero attached hydrogens (tertiary/aromatic N) is 3. The molecule has 0 aromatic carbocycles. The van der Waals surface area contributed by atoms with Crippen LogP contribution in [0.25, 0.3) is 0 Å². The number of aryl methyl sites for hydroxylation is 1. The van der Waals surface area contributed by atoms with E-state index in [0.29, 0.717) is 24.1 Å². The van der Waals surface area contributed by atoms with Crippen molar-refractivity contribution in [1.29, 1.82) is 0 Å². The first-order valence-electron chi connectivity index (χ1n) is 5.04. The molecule has 0 fully saturated rings. The van der Waals surface area contributed by atoms with E-state index < -0.39 is 5.97 Å². The van der Waals surface area contributed by atoms with Crippen molar-refractivity contribution in [2.45, 2.75) is 6.92 Å². The van der Waals surface area contributed by atoms with Gasteiger partial charge in [0.15, 0.2) is 0 Å². The molecule has 1 heterocycles. The lowest BCUT2D eigenvalue weighted by atomic mass is 10.4. The van der Waals surface area contributed by atoms with Crippen molar-refractivity contribution < 1.29 is 14.6 Å². The molecule has 92 valence electrons. The Balaban J connectivity index is 3.03. The Labute approximate surface area is 99.6 Å². The number of hydrogen-bond donors (Lipinski definition) is 1. The molecule has 0 amide bonds. The molecule has 0 saturated carbocycles. The van der Waals surface area contributed by atoms with Gasteiger partial charge in [-0.15, -0.1) is 6.58 Å². The summed E-state index contributed by atoms with van der Waals surface area (Å²) < 4.78 is 5.02. The molecule has 1 N–H and O–H groups in total. The molecule has 0 spiro atoms. The van der Waals surface area contributed by atoms with E-state index in [1.54, 1.807) is 19.1 Å². The number of methoxy groups -OCH3 is 1. The average Bonchev–Trinajstić information content (AvgIpc) is 2.27. The first kappa shape index (κ1) is 13.0. The maximum Gasteiger partial charge on any atom is 0.323 e. The number of carboxylic acids is 1. The highest BCUT2D eigenvalue weighted by molar-refractivity contribution is 5.72. The molecule has 6 nitrogen and oxygen atoms in total. The highest BCUT2D eigenvalue weighted by atomic mass is 16.5. The number of anilines is 1. The van der Waals surface area contributed by atoms with Crippen LogP contribution in [-0.4, -0.2) is 41.2 Å². The second-order valence-corrected chi connectivity index (χ2v) is 3.41. The zero-order valence-electron chi connectivity index (χ0n) is 9.88. The van der Waals surface area contributed by atoms with Gasteiger partial charge in [0.05, 0.1) is 7.11 Å². The predicted octanol–water partition coefficient (Wildman–Crippen LogP) is 0.871. The predicted molar refractivity (Wildman–Crippen MR) is 63.4 cm³/mol. The molecule has 0 unspecified atom stereocenters. The molecular weight excluding hydrogens is 222 g/mol. The first-order chi connectivity index (χ1) is 8.06. The quantitative estimate of drug-likeness (QED) is 0.740. The van der Waals surface area contributed by atoms with E-state index in [2.05, 4.69) is 16.5 Å². The van der Waals surface area contributed by atoms with Gasteiger partial charge in [0.2, 0.25) is 11.8 Å². The van der Waals surface area contributed by atoms with Crippen molar-refractivity contribution in [2.24, 2.45) is 0 Å². The van der Waals surface area contributed by atoms with Gasteiger partial charge >= 0.3 is 5.97 Å². The van der Waals surface area contributed by atoms with Crippen LogP contribution in [0.4, 0.5) is 5.95 Å². The molecule has 0 aliphatic carbocycles. The molecule has 1 rings (SSSR count). The van der Waals surface area contributed by atoms with Gasteiger partial charge in [0.25, 0.3) is 0 Å². The normalized spacial score (nSPS) is 9.76. The van der Waals surface area contributed by atoms with E-state index in [4.69, 9.17) is 9.84 Å². The van der Waals surface area contributed by atoms with E-state index in [9.17, 15) is 4.79 Å². The van der Waals surface area contributed by atoms with E-state index in [0.717, 1.165) is 0 Å². The summed E-state index contributed by atoms with van der Waals surface area (Å²) in [5, 5.41) is 8.80. The highest BCUT2D eigenvalue weighted by Gasteiger charge is 2.13. The molecule has 1 aromatic rings. The summed E-state index contributed by atoms with van der Waals surface area (Å²) in [7, 11) is 1.50. The van der Waals surface area contributed by atoms with Crippen LogP contribution in [0.15, 0.2) is 18.7 Å². The van der Waals surface area contributed by atoms with Gasteiger partial charge in [0, 0.05) is 18.3 Å². The van der Waals surface area contributed by atoms with Crippen LogP contribution in [0.5, 0.6) is 5.88 Å². The average molecular weight is 237 g/mol. The molecule has 0 bridgehead atoms. The number of carboxylic acid groups (broad SMARTS) is 1. The van der Waals surface area contributed by atoms with Gasteiger partial charge in [-0.3, -0.25) is 4.79 Å². The van der Waals surface area contributed by atoms with Gasteiger partial charge in [-0.05, 0) is 6.92 Å². The van der Waals surface area contributed by atoms with Gasteiger partial charge in [-0.1, -0.05) is 6.08 Å². The smallest absolute Gasteiger partial charge is 0.323 e. The van der Waals surface area contributed by atoms with Crippen LogP contribution < -0.4 is 9.64 Å². The van der Waals surface area contributed by atoms with Crippen molar-refractivity contribution in [2.75, 3.05) is 25.1 Å². The summed E-state index contributed by atoms with van der Waals surface area (Å²) in [6.45, 7) is 5.55. The van der Waals surface area contributed by atoms with Crippen LogP contribution in [0.3, 0.4) is 0 Å². The van der Waals surface area contributed by atoms with Crippen molar-refractivity contribution in [3.05, 3.63) is 24.4 Å². The summed E-state index contributed by atoms with van der Waals surface area (Å²) in [5.41, 5.74) is 0.714. The lowest BCUT2D eigenvalue weighted by Crippen LogP contribution is -2.31. The van der Waals surface area contributed by atoms with Crippen molar-refractivity contribution in [3.8, 4) is 5.88 Å². The van der Waals surface area contributed by atoms with Gasteiger partial charge in [-0.2, -0.15) is 4.98 Å². The first-order valence-corrected chi connectivity index (χ1v) is 5.04. The lowest BCUT2D eigenvalue weighted by molar-refractivity contribution is -0.135. The molecule has 6 heteroatoms. The third-order valence-electron chi connectivity index (χ3n) is 1.99. The minimum Gasteiger partial charge on any atom is -0.481 e. The zero-order valence-corrected chi connectivity index (χ0v) is 9.88. The maximum atomic E-state index is 10.7. The summed E-state index contributed by atoms with van der Waals surface area (Å²) >= 11 is 0. The Morgan fingerprint density at radius 1 is 1.65 bits per heavy atom. The van der Waals surface area contributed by atoms with Crippen LogP contribution in [-0.2, 0) is 4.79 Å². The summed E-state index contributed by atoms with van der Waals surface area (Å²) in [5.74, 6) is -0.216. The number of aromatic nitrogens is 2. The number of carbonyl (C=O) groups is 1. The van der Waals surface area contributed by atoms with Crippen molar-refractivity contribution in [3.63, 3.8) is 0 Å². The maximum absolute atomic E-state index is 10.7. The molecule has 1 aromatic heterocycles. The third-order valence-corrected chi connectivity index (χ3v) is 1.99. The highest BCUT2D eigenvalue weighted by Crippen LogP contribution is 2.14. The van der Waals surface area contributed by atoms with Crippen LogP contribution in [0, 0.1) is 6.92 Å². The number of aliphatic carboxylic acids is 1. The van der Waals surface area contributed by atoms with Crippen LogP contribution in [0.1, 0.15) is 5.69 Å². The van der Waals surface area contributed by atoms with Gasteiger partial charge in [-0.25, -0.2) is 4.98 Å².